The standard InChI is InChI=1S/C15H11N3/c1-11-5-4-8-14-15(11)17-10-18(14)13-7-3-2-6-12(13)9-16/h2-8,10H,1H3. The van der Waals surface area contributed by atoms with Crippen LogP contribution in [0.5, 0.6) is 0 Å². The molecule has 3 heteroatoms. The maximum Gasteiger partial charge on any atom is 0.101 e. The summed E-state index contributed by atoms with van der Waals surface area (Å²) in [5, 5.41) is 9.16. The highest BCUT2D eigenvalue weighted by atomic mass is 15.0. The number of nitriles is 1. The largest absolute Gasteiger partial charge is 0.297 e. The van der Waals surface area contributed by atoms with Gasteiger partial charge in [-0.1, -0.05) is 24.3 Å². The van der Waals surface area contributed by atoms with Crippen LogP contribution < -0.4 is 0 Å². The van der Waals surface area contributed by atoms with E-state index >= 15 is 0 Å². The van der Waals surface area contributed by atoms with Crippen molar-refractivity contribution in [3.05, 3.63) is 59.9 Å². The molecule has 0 fully saturated rings. The van der Waals surface area contributed by atoms with Crippen LogP contribution in [0.4, 0.5) is 0 Å². The predicted octanol–water partition coefficient (Wildman–Crippen LogP) is 3.21. The van der Waals surface area contributed by atoms with Gasteiger partial charge < -0.3 is 0 Å². The van der Waals surface area contributed by atoms with E-state index in [4.69, 9.17) is 5.26 Å². The zero-order chi connectivity index (χ0) is 12.5. The number of para-hydroxylation sites is 2. The molecular formula is C15H11N3. The van der Waals surface area contributed by atoms with E-state index in [0.29, 0.717) is 5.56 Å². The monoisotopic (exact) mass is 233 g/mol. The summed E-state index contributed by atoms with van der Waals surface area (Å²) in [5.74, 6) is 0. The minimum atomic E-state index is 0.651. The highest BCUT2D eigenvalue weighted by Crippen LogP contribution is 2.22. The zero-order valence-corrected chi connectivity index (χ0v) is 9.96. The fourth-order valence-corrected chi connectivity index (χ4v) is 2.15. The smallest absolute Gasteiger partial charge is 0.101 e. The maximum absolute atomic E-state index is 9.16. The molecule has 0 aliphatic heterocycles. The Bertz CT molecular complexity index is 763. The number of hydrogen-bond acceptors (Lipinski definition) is 2. The number of imidazole rings is 1. The first-order valence-corrected chi connectivity index (χ1v) is 5.73. The normalized spacial score (nSPS) is 10.4. The molecule has 3 rings (SSSR count). The van der Waals surface area contributed by atoms with Crippen LogP contribution in [0.1, 0.15) is 11.1 Å². The quantitative estimate of drug-likeness (QED) is 0.647. The molecule has 0 atom stereocenters. The molecule has 0 N–H and O–H groups in total. The number of benzene rings is 2. The van der Waals surface area contributed by atoms with Gasteiger partial charge >= 0.3 is 0 Å². The number of aromatic nitrogens is 2. The molecule has 2 aromatic carbocycles. The molecule has 0 radical (unpaired) electrons. The summed E-state index contributed by atoms with van der Waals surface area (Å²) in [6.07, 6.45) is 1.77. The fraction of sp³-hybridized carbons (Fsp3) is 0.0667. The van der Waals surface area contributed by atoms with E-state index in [-0.39, 0.29) is 0 Å². The second kappa shape index (κ2) is 4.01. The minimum absolute atomic E-state index is 0.651. The number of hydrogen-bond donors (Lipinski definition) is 0. The minimum Gasteiger partial charge on any atom is -0.297 e. The van der Waals surface area contributed by atoms with Crippen molar-refractivity contribution in [2.45, 2.75) is 6.92 Å². The van der Waals surface area contributed by atoms with Gasteiger partial charge in [0.05, 0.1) is 22.3 Å². The lowest BCUT2D eigenvalue weighted by Gasteiger charge is -2.06. The van der Waals surface area contributed by atoms with Gasteiger partial charge in [-0.2, -0.15) is 5.26 Å². The molecule has 18 heavy (non-hydrogen) atoms. The lowest BCUT2D eigenvalue weighted by molar-refractivity contribution is 1.08. The van der Waals surface area contributed by atoms with E-state index in [9.17, 15) is 0 Å². The van der Waals surface area contributed by atoms with Crippen molar-refractivity contribution in [1.29, 1.82) is 5.26 Å². The van der Waals surface area contributed by atoms with Gasteiger partial charge in [0, 0.05) is 0 Å². The van der Waals surface area contributed by atoms with Crippen molar-refractivity contribution in [2.75, 3.05) is 0 Å². The molecule has 1 heterocycles. The number of rotatable bonds is 1. The molecular weight excluding hydrogens is 222 g/mol. The van der Waals surface area contributed by atoms with Gasteiger partial charge in [-0.25, -0.2) is 4.98 Å². The van der Waals surface area contributed by atoms with E-state index in [1.54, 1.807) is 6.33 Å². The Morgan fingerprint density at radius 2 is 1.94 bits per heavy atom. The third kappa shape index (κ3) is 1.47. The number of fused-ring (bicyclic) bond motifs is 1. The first-order valence-electron chi connectivity index (χ1n) is 5.73. The molecule has 0 bridgehead atoms. The van der Waals surface area contributed by atoms with Gasteiger partial charge in [0.25, 0.3) is 0 Å². The van der Waals surface area contributed by atoms with Gasteiger partial charge in [0.15, 0.2) is 0 Å². The van der Waals surface area contributed by atoms with Crippen LogP contribution >= 0.6 is 0 Å². The predicted molar refractivity (Wildman–Crippen MR) is 70.5 cm³/mol. The summed E-state index contributed by atoms with van der Waals surface area (Å²) in [6.45, 7) is 2.04. The van der Waals surface area contributed by atoms with E-state index in [0.717, 1.165) is 22.3 Å². The van der Waals surface area contributed by atoms with Gasteiger partial charge in [0.2, 0.25) is 0 Å². The summed E-state index contributed by atoms with van der Waals surface area (Å²) in [4.78, 5) is 4.42. The molecule has 0 saturated heterocycles. The number of nitrogens with zero attached hydrogens (tertiary/aromatic N) is 3. The molecule has 1 aromatic heterocycles. The molecule has 3 aromatic rings. The van der Waals surface area contributed by atoms with Crippen molar-refractivity contribution in [3.8, 4) is 11.8 Å². The Morgan fingerprint density at radius 3 is 2.78 bits per heavy atom. The topological polar surface area (TPSA) is 41.6 Å². The van der Waals surface area contributed by atoms with Crippen molar-refractivity contribution >= 4 is 11.0 Å². The van der Waals surface area contributed by atoms with Crippen LogP contribution in [0, 0.1) is 18.3 Å². The molecule has 0 aliphatic carbocycles. The van der Waals surface area contributed by atoms with Crippen LogP contribution in [0.2, 0.25) is 0 Å². The Balaban J connectivity index is 2.34. The van der Waals surface area contributed by atoms with Crippen LogP contribution in [0.3, 0.4) is 0 Å². The molecule has 0 unspecified atom stereocenters. The Kier molecular flexibility index (Phi) is 2.35. The Labute approximate surface area is 105 Å². The summed E-state index contributed by atoms with van der Waals surface area (Å²) >= 11 is 0. The first-order chi connectivity index (χ1) is 8.81. The molecule has 0 saturated carbocycles. The second-order valence-corrected chi connectivity index (χ2v) is 4.19. The second-order valence-electron chi connectivity index (χ2n) is 4.19. The van der Waals surface area contributed by atoms with Gasteiger partial charge in [-0.05, 0) is 30.7 Å². The number of aryl methyl sites for hydroxylation is 1. The van der Waals surface area contributed by atoms with Gasteiger partial charge in [-0.3, -0.25) is 4.57 Å². The lowest BCUT2D eigenvalue weighted by atomic mass is 10.1. The SMILES string of the molecule is Cc1cccc2c1ncn2-c1ccccc1C#N. The van der Waals surface area contributed by atoms with Crippen LogP contribution in [-0.4, -0.2) is 9.55 Å². The molecule has 0 spiro atoms. The fourth-order valence-electron chi connectivity index (χ4n) is 2.15. The Morgan fingerprint density at radius 1 is 1.11 bits per heavy atom. The average Bonchev–Trinajstić information content (AvgIpc) is 2.84. The summed E-state index contributed by atoms with van der Waals surface area (Å²) < 4.78 is 1.96. The molecule has 0 aliphatic rings. The van der Waals surface area contributed by atoms with E-state index in [2.05, 4.69) is 11.1 Å². The molecule has 86 valence electrons. The molecule has 3 nitrogen and oxygen atoms in total. The summed E-state index contributed by atoms with van der Waals surface area (Å²) in [5.41, 5.74) is 4.66. The summed E-state index contributed by atoms with van der Waals surface area (Å²) in [7, 11) is 0. The Hall–Kier alpha value is -2.60. The van der Waals surface area contributed by atoms with Crippen molar-refractivity contribution in [1.82, 2.24) is 9.55 Å². The highest BCUT2D eigenvalue weighted by molar-refractivity contribution is 5.81. The van der Waals surface area contributed by atoms with E-state index < -0.39 is 0 Å². The van der Waals surface area contributed by atoms with Crippen LogP contribution in [0.25, 0.3) is 16.7 Å². The maximum atomic E-state index is 9.16. The van der Waals surface area contributed by atoms with Gasteiger partial charge in [0.1, 0.15) is 12.4 Å². The van der Waals surface area contributed by atoms with Crippen LogP contribution in [0.15, 0.2) is 48.8 Å². The van der Waals surface area contributed by atoms with E-state index in [1.165, 1.54) is 0 Å². The van der Waals surface area contributed by atoms with E-state index in [1.807, 2.05) is 54.0 Å². The third-order valence-corrected chi connectivity index (χ3v) is 3.06. The third-order valence-electron chi connectivity index (χ3n) is 3.06. The lowest BCUT2D eigenvalue weighted by Crippen LogP contribution is -1.95. The van der Waals surface area contributed by atoms with Gasteiger partial charge in [-0.15, -0.1) is 0 Å². The van der Waals surface area contributed by atoms with Crippen molar-refractivity contribution in [2.24, 2.45) is 0 Å². The first kappa shape index (κ1) is 10.5. The van der Waals surface area contributed by atoms with Crippen molar-refractivity contribution in [3.63, 3.8) is 0 Å². The molecule has 0 amide bonds. The average molecular weight is 233 g/mol. The zero-order valence-electron chi connectivity index (χ0n) is 9.96. The summed E-state index contributed by atoms with van der Waals surface area (Å²) in [6, 6.07) is 15.8. The van der Waals surface area contributed by atoms with Crippen LogP contribution in [-0.2, 0) is 0 Å². The highest BCUT2D eigenvalue weighted by Gasteiger charge is 2.08. The van der Waals surface area contributed by atoms with Crippen molar-refractivity contribution < 1.29 is 0 Å².